The summed E-state index contributed by atoms with van der Waals surface area (Å²) in [4.78, 5) is 54.7. The minimum Gasteiger partial charge on any atom is -0.790 e. The van der Waals surface area contributed by atoms with Gasteiger partial charge in [0, 0.05) is 32.1 Å². The van der Waals surface area contributed by atoms with Crippen LogP contribution in [0.5, 0.6) is 0 Å². The molecule has 0 saturated carbocycles. The normalized spacial score (nSPS) is 9.50. The summed E-state index contributed by atoms with van der Waals surface area (Å²) in [5.41, 5.74) is 0. The van der Waals surface area contributed by atoms with Crippen LogP contribution in [-0.4, -0.2) is 36.4 Å². The number of thiol groups is 1. The van der Waals surface area contributed by atoms with Crippen LogP contribution in [0.3, 0.4) is 0 Å². The van der Waals surface area contributed by atoms with E-state index < -0.39 is 39.1 Å². The molecule has 0 bridgehead atoms. The Balaban J connectivity index is -0.0000000919. The monoisotopic (exact) mass is 682 g/mol. The van der Waals surface area contributed by atoms with Crippen molar-refractivity contribution in [3.63, 3.8) is 0 Å². The molecule has 0 N–H and O–H groups in total. The van der Waals surface area contributed by atoms with E-state index in [9.17, 15) is 28.7 Å². The van der Waals surface area contributed by atoms with Gasteiger partial charge in [-0.05, 0) is 60.7 Å². The van der Waals surface area contributed by atoms with Gasteiger partial charge in [0.05, 0.1) is 14.4 Å². The summed E-state index contributed by atoms with van der Waals surface area (Å²) < 4.78 is 24.9. The molecule has 0 aliphatic rings. The number of carbonyl (C=O) groups is 3. The number of phosphoric ester groups is 1. The van der Waals surface area contributed by atoms with Crippen LogP contribution in [0.15, 0.2) is 0 Å². The molecule has 0 saturated heterocycles. The minimum absolute atomic E-state index is 0. The molecular weight excluding hydrogens is 625 g/mol. The Morgan fingerprint density at radius 3 is 1.66 bits per heavy atom. The number of carbonyl (C=O) groups excluding carboxylic acids is 3. The van der Waals surface area contributed by atoms with E-state index in [2.05, 4.69) is 83.3 Å². The molecule has 1 atom stereocenters. The van der Waals surface area contributed by atoms with Gasteiger partial charge in [-0.3, -0.25) is 9.59 Å². The first-order valence-corrected chi connectivity index (χ1v) is 15.6. The molecule has 0 aromatic heterocycles. The number of hydrogen-bond donors (Lipinski definition) is 1. The average Bonchev–Trinajstić information content (AvgIpc) is 2.91. The summed E-state index contributed by atoms with van der Waals surface area (Å²) in [6.45, 7) is 3.92. The van der Waals surface area contributed by atoms with Crippen molar-refractivity contribution in [2.24, 2.45) is 0 Å². The SMILES string of the molecule is CC#CC#CC#CC#CC#CC(=O)OC[C@@H](COP(=O)([O-])[O-])OC(=O)CCCCCCCCCCCCC.CC(=O)S.[HH].[HH].[HH].[HH].[HH].[HH].[HH].[HH].[HH].[Na+].[Na+]. The molecule has 9 nitrogen and oxygen atoms in total. The molecule has 0 radical (unpaired) electrons. The van der Waals surface area contributed by atoms with E-state index in [4.69, 9.17) is 9.47 Å². The Kier molecular flexibility index (Phi) is 41.1. The third-order valence-electron chi connectivity index (χ3n) is 4.83. The predicted molar refractivity (Wildman–Crippen MR) is 179 cm³/mol. The van der Waals surface area contributed by atoms with Crippen molar-refractivity contribution in [2.75, 3.05) is 13.2 Å². The van der Waals surface area contributed by atoms with E-state index in [0.717, 1.165) is 19.3 Å². The van der Waals surface area contributed by atoms with Crippen molar-refractivity contribution >= 4 is 37.5 Å². The van der Waals surface area contributed by atoms with Crippen LogP contribution in [0.25, 0.3) is 0 Å². The second-order valence-electron chi connectivity index (χ2n) is 8.63. The summed E-state index contributed by atoms with van der Waals surface area (Å²) in [7, 11) is -5.30. The third kappa shape index (κ3) is 45.3. The van der Waals surface area contributed by atoms with Gasteiger partial charge in [-0.1, -0.05) is 77.1 Å². The molecule has 0 fully saturated rings. The summed E-state index contributed by atoms with van der Waals surface area (Å²) in [6, 6.07) is 0. The molecule has 0 aromatic carbocycles. The third-order valence-corrected chi connectivity index (χ3v) is 5.29. The van der Waals surface area contributed by atoms with Crippen LogP contribution in [0, 0.1) is 59.2 Å². The van der Waals surface area contributed by atoms with Crippen molar-refractivity contribution in [3.05, 3.63) is 0 Å². The number of rotatable bonds is 18. The van der Waals surface area contributed by atoms with E-state index in [-0.39, 0.29) is 83.5 Å². The van der Waals surface area contributed by atoms with E-state index in [1.807, 2.05) is 0 Å². The first kappa shape index (κ1) is 49.7. The Labute approximate surface area is 326 Å². The van der Waals surface area contributed by atoms with Gasteiger partial charge >= 0.3 is 71.1 Å². The van der Waals surface area contributed by atoms with Crippen LogP contribution in [0.4, 0.5) is 0 Å². The van der Waals surface area contributed by atoms with Gasteiger partial charge < -0.3 is 28.3 Å². The van der Waals surface area contributed by atoms with Gasteiger partial charge in [-0.15, -0.1) is 12.6 Å². The first-order valence-electron chi connectivity index (χ1n) is 13.7. The van der Waals surface area contributed by atoms with Crippen molar-refractivity contribution in [2.45, 2.75) is 104 Å². The van der Waals surface area contributed by atoms with Crippen LogP contribution in [0.2, 0.25) is 0 Å². The summed E-state index contributed by atoms with van der Waals surface area (Å²) >= 11 is 3.33. The summed E-state index contributed by atoms with van der Waals surface area (Å²) in [6.07, 6.45) is 11.2. The van der Waals surface area contributed by atoms with Crippen molar-refractivity contribution in [1.82, 2.24) is 0 Å². The number of hydrogen-bond acceptors (Lipinski definition) is 9. The standard InChI is InChI=1S/C29H37O8P.C2H4OS.2Na.9H2/c1-3-5-7-9-11-13-14-16-18-20-22-24-29(31)37-27(26-36-38(32,33)34)25-35-28(30)23-21-19-17-15-12-10-8-6-4-2;1-2(3)4;;;;;;;;;;;/h27H,3,5,7,9,11,13-14,16,18,20,22,24-26H2,1-2H3,(H2,32,33,34);1H3,(H,3,4);;;9*1H/q;;2*+1;;;;;;;;;/p-2/t27-;;;;;;;;;;;;/m0............/s1. The van der Waals surface area contributed by atoms with Gasteiger partial charge in [0.25, 0.3) is 0 Å². The molecule has 44 heavy (non-hydrogen) atoms. The quantitative estimate of drug-likeness (QED) is 0.0393. The summed E-state index contributed by atoms with van der Waals surface area (Å²) in [5, 5.41) is -0.139. The second-order valence-corrected chi connectivity index (χ2v) is 10.4. The predicted octanol–water partition coefficient (Wildman–Crippen LogP) is -0.291. The van der Waals surface area contributed by atoms with Gasteiger partial charge in [0.1, 0.15) is 6.61 Å². The number of unbranched alkanes of at least 4 members (excludes halogenated alkanes) is 10. The Morgan fingerprint density at radius 1 is 0.773 bits per heavy atom. The number of esters is 2. The maximum Gasteiger partial charge on any atom is 1.00 e. The fourth-order valence-corrected chi connectivity index (χ4v) is 3.35. The zero-order valence-electron chi connectivity index (χ0n) is 26.5. The molecular formula is C31H57Na2O9PS. The van der Waals surface area contributed by atoms with E-state index in [1.165, 1.54) is 51.9 Å². The van der Waals surface area contributed by atoms with Gasteiger partial charge in [-0.2, -0.15) is 0 Å². The van der Waals surface area contributed by atoms with Gasteiger partial charge in [-0.25, -0.2) is 4.79 Å². The van der Waals surface area contributed by atoms with Crippen molar-refractivity contribution in [1.29, 1.82) is 0 Å². The summed E-state index contributed by atoms with van der Waals surface area (Å²) in [5.74, 6) is 22.2. The van der Waals surface area contributed by atoms with Crippen LogP contribution < -0.4 is 68.9 Å². The molecule has 0 aliphatic carbocycles. The number of phosphoric acid groups is 1. The van der Waals surface area contributed by atoms with E-state index in [0.29, 0.717) is 6.42 Å². The fourth-order valence-electron chi connectivity index (χ4n) is 3.01. The molecule has 0 amide bonds. The number of ether oxygens (including phenoxy) is 2. The zero-order valence-corrected chi connectivity index (χ0v) is 32.3. The van der Waals surface area contributed by atoms with Crippen LogP contribution in [-0.2, 0) is 32.9 Å². The molecule has 13 heteroatoms. The Hall–Kier alpha value is -1.13. The fraction of sp³-hybridized carbons (Fsp3) is 0.581. The maximum atomic E-state index is 12.1. The van der Waals surface area contributed by atoms with Crippen LogP contribution in [0.1, 0.15) is 111 Å². The average molecular weight is 683 g/mol. The van der Waals surface area contributed by atoms with Crippen LogP contribution >= 0.6 is 20.5 Å². The Morgan fingerprint density at radius 2 is 1.20 bits per heavy atom. The topological polar surface area (TPSA) is 142 Å². The van der Waals surface area contributed by atoms with Crippen molar-refractivity contribution < 1.29 is 115 Å². The van der Waals surface area contributed by atoms with Gasteiger partial charge in [0.2, 0.25) is 0 Å². The van der Waals surface area contributed by atoms with Crippen molar-refractivity contribution in [3.8, 4) is 59.2 Å². The first-order chi connectivity index (χ1) is 20.0. The smallest absolute Gasteiger partial charge is 0.790 e. The molecule has 248 valence electrons. The largest absolute Gasteiger partial charge is 1.00 e. The second kappa shape index (κ2) is 36.3. The zero-order chi connectivity index (χ0) is 31.9. The molecule has 0 heterocycles. The molecule has 0 aliphatic heterocycles. The molecule has 0 spiro atoms. The van der Waals surface area contributed by atoms with E-state index >= 15 is 0 Å². The molecule has 0 aromatic rings. The van der Waals surface area contributed by atoms with E-state index in [1.54, 1.807) is 6.92 Å². The minimum atomic E-state index is -5.30. The Bertz CT molecular complexity index is 1210. The molecule has 0 unspecified atom stereocenters. The van der Waals surface area contributed by atoms with Gasteiger partial charge in [0.15, 0.2) is 11.2 Å². The maximum absolute atomic E-state index is 12.1. The molecule has 0 rings (SSSR count).